The monoisotopic (exact) mass is 334 g/mol. The molecule has 0 aromatic heterocycles. The van der Waals surface area contributed by atoms with E-state index in [2.05, 4.69) is 10.6 Å². The Morgan fingerprint density at radius 3 is 2.48 bits per heavy atom. The molecule has 0 heterocycles. The second-order valence-corrected chi connectivity index (χ2v) is 6.76. The zero-order chi connectivity index (χ0) is 15.0. The van der Waals surface area contributed by atoms with Gasteiger partial charge in [-0.25, -0.2) is 8.42 Å². The molecule has 2 N–H and O–H groups in total. The molecule has 0 fully saturated rings. The molecule has 0 saturated heterocycles. The zero-order valence-electron chi connectivity index (χ0n) is 12.4. The summed E-state index contributed by atoms with van der Waals surface area (Å²) in [6, 6.07) is 7.37. The minimum Gasteiger partial charge on any atom is -0.325 e. The molecule has 0 aliphatic heterocycles. The first-order chi connectivity index (χ1) is 9.48. The fraction of sp³-hybridized carbons (Fsp3) is 0.500. The third kappa shape index (κ3) is 7.45. The summed E-state index contributed by atoms with van der Waals surface area (Å²) < 4.78 is 23.2. The lowest BCUT2D eigenvalue weighted by molar-refractivity contribution is -0.113. The van der Waals surface area contributed by atoms with E-state index >= 15 is 0 Å². The van der Waals surface area contributed by atoms with Crippen molar-refractivity contribution in [2.24, 2.45) is 0 Å². The number of sulfone groups is 1. The molecule has 1 amide bonds. The van der Waals surface area contributed by atoms with Gasteiger partial charge in [-0.05, 0) is 24.6 Å². The number of hydrogen-bond donors (Lipinski definition) is 2. The molecule has 0 bridgehead atoms. The standard InChI is InChI=1S/C14H22N2O3S.ClH/c1-3-9-20(18,19)11-14(17)16-13-8-6-5-7-12(13)10-15-4-2;/h5-8,15H,3-4,9-11H2,1-2H3,(H,16,17);1H. The van der Waals surface area contributed by atoms with Crippen molar-refractivity contribution in [2.45, 2.75) is 26.8 Å². The predicted octanol–water partition coefficient (Wildman–Crippen LogP) is 1.98. The van der Waals surface area contributed by atoms with Crippen LogP contribution < -0.4 is 10.6 Å². The van der Waals surface area contributed by atoms with Gasteiger partial charge >= 0.3 is 0 Å². The van der Waals surface area contributed by atoms with Crippen LogP contribution in [-0.2, 0) is 21.2 Å². The van der Waals surface area contributed by atoms with Crippen molar-refractivity contribution >= 4 is 33.8 Å². The minimum atomic E-state index is -3.31. The van der Waals surface area contributed by atoms with Crippen LogP contribution in [0.3, 0.4) is 0 Å². The Morgan fingerprint density at radius 2 is 1.86 bits per heavy atom. The van der Waals surface area contributed by atoms with Gasteiger partial charge in [0.15, 0.2) is 9.84 Å². The summed E-state index contributed by atoms with van der Waals surface area (Å²) in [6.07, 6.45) is 0.520. The lowest BCUT2D eigenvalue weighted by atomic mass is 10.1. The molecule has 7 heteroatoms. The van der Waals surface area contributed by atoms with E-state index in [4.69, 9.17) is 0 Å². The van der Waals surface area contributed by atoms with Crippen molar-refractivity contribution in [3.8, 4) is 0 Å². The van der Waals surface area contributed by atoms with Crippen molar-refractivity contribution in [3.63, 3.8) is 0 Å². The average molecular weight is 335 g/mol. The Labute approximate surface area is 132 Å². The van der Waals surface area contributed by atoms with Gasteiger partial charge in [0, 0.05) is 12.2 Å². The average Bonchev–Trinajstić information content (AvgIpc) is 2.36. The van der Waals surface area contributed by atoms with Gasteiger partial charge in [-0.2, -0.15) is 0 Å². The SMILES string of the molecule is CCCS(=O)(=O)CC(=O)Nc1ccccc1CNCC.Cl. The first kappa shape index (κ1) is 19.9. The van der Waals surface area contributed by atoms with Crippen LogP contribution in [0.1, 0.15) is 25.8 Å². The predicted molar refractivity (Wildman–Crippen MR) is 88.6 cm³/mol. The molecule has 21 heavy (non-hydrogen) atoms. The third-order valence-electron chi connectivity index (χ3n) is 2.72. The Kier molecular flexibility index (Phi) is 9.24. The third-order valence-corrected chi connectivity index (χ3v) is 4.46. The lowest BCUT2D eigenvalue weighted by Crippen LogP contribution is -2.25. The molecule has 1 aromatic carbocycles. The molecule has 1 rings (SSSR count). The summed E-state index contributed by atoms with van der Waals surface area (Å²) in [5, 5.41) is 5.85. The number of hydrogen-bond acceptors (Lipinski definition) is 4. The van der Waals surface area contributed by atoms with Crippen LogP contribution in [0, 0.1) is 0 Å². The van der Waals surface area contributed by atoms with Crippen LogP contribution in [-0.4, -0.2) is 32.4 Å². The van der Waals surface area contributed by atoms with Crippen molar-refractivity contribution in [1.82, 2.24) is 5.32 Å². The molecule has 0 aliphatic rings. The van der Waals surface area contributed by atoms with Crippen LogP contribution in [0.2, 0.25) is 0 Å². The molecule has 0 radical (unpaired) electrons. The maximum atomic E-state index is 11.8. The molecule has 0 saturated carbocycles. The Balaban J connectivity index is 0.00000400. The quantitative estimate of drug-likeness (QED) is 0.762. The lowest BCUT2D eigenvalue weighted by Gasteiger charge is -2.11. The van der Waals surface area contributed by atoms with Gasteiger partial charge in [0.05, 0.1) is 5.75 Å². The van der Waals surface area contributed by atoms with Crippen molar-refractivity contribution in [3.05, 3.63) is 29.8 Å². The maximum absolute atomic E-state index is 11.8. The van der Waals surface area contributed by atoms with E-state index in [1.54, 1.807) is 13.0 Å². The summed E-state index contributed by atoms with van der Waals surface area (Å²) >= 11 is 0. The zero-order valence-corrected chi connectivity index (χ0v) is 14.0. The molecule has 0 unspecified atom stereocenters. The van der Waals surface area contributed by atoms with Gasteiger partial charge in [-0.15, -0.1) is 12.4 Å². The number of halogens is 1. The van der Waals surface area contributed by atoms with E-state index in [-0.39, 0.29) is 18.2 Å². The van der Waals surface area contributed by atoms with E-state index in [1.165, 1.54) is 0 Å². The number of para-hydroxylation sites is 1. The first-order valence-electron chi connectivity index (χ1n) is 6.77. The van der Waals surface area contributed by atoms with Gasteiger partial charge in [-0.1, -0.05) is 32.0 Å². The van der Waals surface area contributed by atoms with Crippen molar-refractivity contribution < 1.29 is 13.2 Å². The van der Waals surface area contributed by atoms with Gasteiger partial charge in [0.25, 0.3) is 0 Å². The normalized spacial score (nSPS) is 10.8. The molecule has 5 nitrogen and oxygen atoms in total. The van der Waals surface area contributed by atoms with Crippen LogP contribution in [0.5, 0.6) is 0 Å². The Morgan fingerprint density at radius 1 is 1.19 bits per heavy atom. The maximum Gasteiger partial charge on any atom is 0.239 e. The summed E-state index contributed by atoms with van der Waals surface area (Å²) in [4.78, 5) is 11.8. The number of rotatable bonds is 8. The Hall–Kier alpha value is -1.11. The van der Waals surface area contributed by atoms with Crippen LogP contribution in [0.4, 0.5) is 5.69 Å². The van der Waals surface area contributed by atoms with Gasteiger partial charge in [0.1, 0.15) is 5.75 Å². The largest absolute Gasteiger partial charge is 0.325 e. The van der Waals surface area contributed by atoms with Crippen molar-refractivity contribution in [2.75, 3.05) is 23.4 Å². The molecule has 120 valence electrons. The second kappa shape index (κ2) is 9.76. The highest BCUT2D eigenvalue weighted by Gasteiger charge is 2.16. The summed E-state index contributed by atoms with van der Waals surface area (Å²) in [5.74, 6) is -0.905. The molecular formula is C14H23ClN2O3S. The topological polar surface area (TPSA) is 75.3 Å². The number of benzene rings is 1. The van der Waals surface area contributed by atoms with Crippen LogP contribution in [0.25, 0.3) is 0 Å². The summed E-state index contributed by atoms with van der Waals surface area (Å²) in [6.45, 7) is 5.24. The molecule has 0 aliphatic carbocycles. The number of carbonyl (C=O) groups excluding carboxylic acids is 1. The highest BCUT2D eigenvalue weighted by Crippen LogP contribution is 2.14. The molecular weight excluding hydrogens is 312 g/mol. The second-order valence-electron chi connectivity index (χ2n) is 4.58. The summed E-state index contributed by atoms with van der Waals surface area (Å²) in [5.41, 5.74) is 1.60. The highest BCUT2D eigenvalue weighted by molar-refractivity contribution is 7.92. The minimum absolute atomic E-state index is 0. The Bertz CT molecular complexity index is 547. The number of nitrogens with one attached hydrogen (secondary N) is 2. The van der Waals surface area contributed by atoms with E-state index < -0.39 is 21.5 Å². The molecule has 0 spiro atoms. The van der Waals surface area contributed by atoms with E-state index in [1.807, 2.05) is 25.1 Å². The molecule has 0 atom stereocenters. The number of amides is 1. The van der Waals surface area contributed by atoms with Gasteiger partial charge in [0.2, 0.25) is 5.91 Å². The molecule has 1 aromatic rings. The first-order valence-corrected chi connectivity index (χ1v) is 8.59. The van der Waals surface area contributed by atoms with Crippen molar-refractivity contribution in [1.29, 1.82) is 0 Å². The number of carbonyl (C=O) groups is 1. The highest BCUT2D eigenvalue weighted by atomic mass is 35.5. The fourth-order valence-electron chi connectivity index (χ4n) is 1.83. The number of anilines is 1. The van der Waals surface area contributed by atoms with Gasteiger partial charge in [-0.3, -0.25) is 4.79 Å². The van der Waals surface area contributed by atoms with Crippen LogP contribution >= 0.6 is 12.4 Å². The summed E-state index contributed by atoms with van der Waals surface area (Å²) in [7, 11) is -3.31. The van der Waals surface area contributed by atoms with Crippen LogP contribution in [0.15, 0.2) is 24.3 Å². The smallest absolute Gasteiger partial charge is 0.239 e. The van der Waals surface area contributed by atoms with Gasteiger partial charge < -0.3 is 10.6 Å². The van der Waals surface area contributed by atoms with E-state index in [0.717, 1.165) is 12.1 Å². The fourth-order valence-corrected chi connectivity index (χ4v) is 3.06. The van der Waals surface area contributed by atoms with E-state index in [9.17, 15) is 13.2 Å². The van der Waals surface area contributed by atoms with E-state index in [0.29, 0.717) is 18.7 Å².